The summed E-state index contributed by atoms with van der Waals surface area (Å²) in [6, 6.07) is 14.6. The number of hydrogen-bond donors (Lipinski definition) is 0. The van der Waals surface area contributed by atoms with Gasteiger partial charge in [0.05, 0.1) is 4.91 Å². The number of thioether (sulfide) groups is 1. The molecule has 158 valence electrons. The Bertz CT molecular complexity index is 1160. The molecule has 3 amide bonds. The van der Waals surface area contributed by atoms with Crippen molar-refractivity contribution in [3.05, 3.63) is 75.0 Å². The van der Waals surface area contributed by atoms with Crippen LogP contribution in [0.15, 0.2) is 58.2 Å². The van der Waals surface area contributed by atoms with Crippen molar-refractivity contribution in [2.45, 2.75) is 18.9 Å². The number of nitrogens with zero attached hydrogens (tertiary/aromatic N) is 3. The van der Waals surface area contributed by atoms with Crippen LogP contribution in [0.3, 0.4) is 0 Å². The lowest BCUT2D eigenvalue weighted by molar-refractivity contribution is -0.138. The van der Waals surface area contributed by atoms with Gasteiger partial charge in [0.25, 0.3) is 16.7 Å². The predicted molar refractivity (Wildman–Crippen MR) is 117 cm³/mol. The van der Waals surface area contributed by atoms with E-state index in [-0.39, 0.29) is 29.8 Å². The zero-order valence-corrected chi connectivity index (χ0v) is 17.6. The molecule has 2 fully saturated rings. The molecule has 2 atom stereocenters. The van der Waals surface area contributed by atoms with Crippen LogP contribution in [0, 0.1) is 5.92 Å². The molecule has 0 radical (unpaired) electrons. The lowest BCUT2D eigenvalue weighted by Crippen LogP contribution is -2.51. The molecule has 31 heavy (non-hydrogen) atoms. The van der Waals surface area contributed by atoms with Crippen LogP contribution in [0.4, 0.5) is 4.79 Å². The van der Waals surface area contributed by atoms with Crippen LogP contribution in [-0.2, 0) is 16.1 Å². The maximum absolute atomic E-state index is 13.0. The van der Waals surface area contributed by atoms with Gasteiger partial charge in [-0.3, -0.25) is 24.1 Å². The minimum absolute atomic E-state index is 0.00464. The van der Waals surface area contributed by atoms with E-state index in [0.717, 1.165) is 34.3 Å². The van der Waals surface area contributed by atoms with Gasteiger partial charge in [-0.1, -0.05) is 36.4 Å². The quantitative estimate of drug-likeness (QED) is 0.693. The molecule has 1 aromatic carbocycles. The van der Waals surface area contributed by atoms with Crippen molar-refractivity contribution in [1.82, 2.24) is 14.4 Å². The summed E-state index contributed by atoms with van der Waals surface area (Å²) in [5.74, 6) is -0.368. The van der Waals surface area contributed by atoms with Crippen LogP contribution in [0.5, 0.6) is 0 Å². The first kappa shape index (κ1) is 19.8. The van der Waals surface area contributed by atoms with Gasteiger partial charge in [-0.15, -0.1) is 0 Å². The summed E-state index contributed by atoms with van der Waals surface area (Å²) in [4.78, 5) is 53.4. The predicted octanol–water partition coefficient (Wildman–Crippen LogP) is 2.53. The highest BCUT2D eigenvalue weighted by atomic mass is 32.2. The zero-order chi connectivity index (χ0) is 21.5. The summed E-state index contributed by atoms with van der Waals surface area (Å²) in [5.41, 5.74) is 1.78. The van der Waals surface area contributed by atoms with E-state index in [1.54, 1.807) is 23.1 Å². The summed E-state index contributed by atoms with van der Waals surface area (Å²) >= 11 is 0.864. The van der Waals surface area contributed by atoms with E-state index in [1.807, 2.05) is 41.0 Å². The summed E-state index contributed by atoms with van der Waals surface area (Å²) in [6.45, 7) is 1.37. The minimum atomic E-state index is -0.429. The molecule has 7 nitrogen and oxygen atoms in total. The molecule has 5 rings (SSSR count). The highest BCUT2D eigenvalue weighted by Gasteiger charge is 2.40. The average Bonchev–Trinajstić information content (AvgIpc) is 3.02. The van der Waals surface area contributed by atoms with Gasteiger partial charge in [-0.05, 0) is 41.8 Å². The van der Waals surface area contributed by atoms with Crippen molar-refractivity contribution in [2.75, 3.05) is 19.6 Å². The van der Waals surface area contributed by atoms with Gasteiger partial charge in [0.15, 0.2) is 0 Å². The van der Waals surface area contributed by atoms with Crippen molar-refractivity contribution < 1.29 is 14.4 Å². The second-order valence-corrected chi connectivity index (χ2v) is 9.17. The Morgan fingerprint density at radius 1 is 1.00 bits per heavy atom. The van der Waals surface area contributed by atoms with E-state index in [9.17, 15) is 19.2 Å². The molecule has 0 aliphatic carbocycles. The summed E-state index contributed by atoms with van der Waals surface area (Å²) in [5, 5.41) is -0.422. The molecular weight excluding hydrogens is 414 g/mol. The summed E-state index contributed by atoms with van der Waals surface area (Å²) in [7, 11) is 0. The molecule has 3 aliphatic rings. The molecule has 4 heterocycles. The van der Waals surface area contributed by atoms with Crippen molar-refractivity contribution >= 4 is 34.9 Å². The van der Waals surface area contributed by atoms with Gasteiger partial charge >= 0.3 is 0 Å². The molecule has 8 heteroatoms. The van der Waals surface area contributed by atoms with Gasteiger partial charge < -0.3 is 9.47 Å². The molecule has 2 bridgehead atoms. The van der Waals surface area contributed by atoms with E-state index >= 15 is 0 Å². The fraction of sp³-hybridized carbons (Fsp3) is 0.304. The lowest BCUT2D eigenvalue weighted by Gasteiger charge is -2.43. The standard InChI is InChI=1S/C23H21N3O4S/c27-20-8-4-7-18-17-9-16(12-25(18)20)11-24(13-17)21(28)14-26-22(29)19(31-23(26)30)10-15-5-2-1-3-6-15/h1-8,10,16-17H,9,11-14H2/t16-,17-/m0/s1. The molecule has 2 saturated heterocycles. The minimum Gasteiger partial charge on any atom is -0.340 e. The van der Waals surface area contributed by atoms with Crippen LogP contribution >= 0.6 is 11.8 Å². The van der Waals surface area contributed by atoms with Gasteiger partial charge in [0.1, 0.15) is 6.54 Å². The van der Waals surface area contributed by atoms with Crippen molar-refractivity contribution in [3.63, 3.8) is 0 Å². The fourth-order valence-electron chi connectivity index (χ4n) is 4.67. The highest BCUT2D eigenvalue weighted by Crippen LogP contribution is 2.36. The van der Waals surface area contributed by atoms with Gasteiger partial charge in [0.2, 0.25) is 5.91 Å². The Balaban J connectivity index is 1.30. The Morgan fingerprint density at radius 3 is 2.61 bits per heavy atom. The summed E-state index contributed by atoms with van der Waals surface area (Å²) in [6.07, 6.45) is 2.62. The first-order chi connectivity index (χ1) is 15.0. The maximum Gasteiger partial charge on any atom is 0.294 e. The third-order valence-corrected chi connectivity index (χ3v) is 7.00. The largest absolute Gasteiger partial charge is 0.340 e. The number of pyridine rings is 1. The van der Waals surface area contributed by atoms with E-state index < -0.39 is 11.1 Å². The molecule has 0 N–H and O–H groups in total. The molecule has 1 aromatic heterocycles. The number of benzene rings is 1. The fourth-order valence-corrected chi connectivity index (χ4v) is 5.51. The van der Waals surface area contributed by atoms with Crippen LogP contribution < -0.4 is 5.56 Å². The van der Waals surface area contributed by atoms with Crippen LogP contribution in [-0.4, -0.2) is 51.1 Å². The Labute approximate surface area is 183 Å². The Morgan fingerprint density at radius 2 is 1.81 bits per heavy atom. The van der Waals surface area contributed by atoms with Crippen molar-refractivity contribution in [2.24, 2.45) is 5.92 Å². The first-order valence-corrected chi connectivity index (χ1v) is 11.1. The summed E-state index contributed by atoms with van der Waals surface area (Å²) < 4.78 is 1.81. The normalized spacial score (nSPS) is 23.9. The molecule has 0 unspecified atom stereocenters. The number of hydrogen-bond acceptors (Lipinski definition) is 5. The lowest BCUT2D eigenvalue weighted by atomic mass is 9.83. The Kier molecular flexibility index (Phi) is 5.02. The SMILES string of the molecule is O=C(CN1C(=O)SC(=Cc2ccccc2)C1=O)N1C[C@@H]2C[C@@H](C1)c1cccc(=O)n1C2. The van der Waals surface area contributed by atoms with Gasteiger partial charge in [0, 0.05) is 37.3 Å². The first-order valence-electron chi connectivity index (χ1n) is 10.3. The number of imide groups is 1. The van der Waals surface area contributed by atoms with E-state index in [2.05, 4.69) is 0 Å². The number of fused-ring (bicyclic) bond motifs is 4. The third-order valence-electron chi connectivity index (χ3n) is 6.10. The Hall–Kier alpha value is -3.13. The number of carbonyl (C=O) groups excluding carboxylic acids is 3. The number of amides is 3. The number of aromatic nitrogens is 1. The zero-order valence-electron chi connectivity index (χ0n) is 16.8. The topological polar surface area (TPSA) is 79.7 Å². The van der Waals surface area contributed by atoms with Crippen LogP contribution in [0.1, 0.15) is 23.6 Å². The van der Waals surface area contributed by atoms with Crippen molar-refractivity contribution in [1.29, 1.82) is 0 Å². The molecule has 0 spiro atoms. The number of carbonyl (C=O) groups is 3. The maximum atomic E-state index is 13.0. The van der Waals surface area contributed by atoms with E-state index in [1.165, 1.54) is 0 Å². The number of piperidine rings is 1. The number of likely N-dealkylation sites (tertiary alicyclic amines) is 1. The molecule has 0 saturated carbocycles. The molecule has 2 aromatic rings. The molecular formula is C23H21N3O4S. The molecule has 3 aliphatic heterocycles. The van der Waals surface area contributed by atoms with E-state index in [0.29, 0.717) is 24.5 Å². The average molecular weight is 436 g/mol. The van der Waals surface area contributed by atoms with Gasteiger partial charge in [-0.2, -0.15) is 0 Å². The van der Waals surface area contributed by atoms with Gasteiger partial charge in [-0.25, -0.2) is 0 Å². The van der Waals surface area contributed by atoms with Crippen molar-refractivity contribution in [3.8, 4) is 0 Å². The smallest absolute Gasteiger partial charge is 0.294 e. The van der Waals surface area contributed by atoms with Crippen LogP contribution in [0.25, 0.3) is 6.08 Å². The van der Waals surface area contributed by atoms with E-state index in [4.69, 9.17) is 0 Å². The van der Waals surface area contributed by atoms with Crippen LogP contribution in [0.2, 0.25) is 0 Å². The second kappa shape index (κ2) is 7.85. The third kappa shape index (κ3) is 3.72. The number of rotatable bonds is 3. The highest BCUT2D eigenvalue weighted by molar-refractivity contribution is 8.18. The monoisotopic (exact) mass is 435 g/mol. The second-order valence-electron chi connectivity index (χ2n) is 8.18.